The van der Waals surface area contributed by atoms with E-state index >= 15 is 0 Å². The molecule has 0 radical (unpaired) electrons. The molecule has 0 saturated heterocycles. The van der Waals surface area contributed by atoms with Gasteiger partial charge in [-0.2, -0.15) is 0 Å². The SMILES string of the molecule is CC1CSC2=[N+]1C(O)(c1ccc([N+](=O)[O-])cc1)CN2c1ccc(Br)cc1.[Br-]. The number of halogens is 2. The first-order chi connectivity index (χ1) is 12.4. The van der Waals surface area contributed by atoms with Crippen molar-refractivity contribution in [2.45, 2.75) is 18.7 Å². The second-order valence-corrected chi connectivity index (χ2v) is 8.40. The second kappa shape index (κ2) is 7.54. The largest absolute Gasteiger partial charge is 1.00 e. The summed E-state index contributed by atoms with van der Waals surface area (Å²) in [4.78, 5) is 12.6. The zero-order valence-electron chi connectivity index (χ0n) is 14.4. The number of aliphatic hydroxyl groups is 1. The van der Waals surface area contributed by atoms with Crippen molar-refractivity contribution in [3.05, 3.63) is 68.7 Å². The molecule has 4 rings (SSSR count). The maximum Gasteiger partial charge on any atom is 0.317 e. The number of hydrogen-bond acceptors (Lipinski definition) is 5. The smallest absolute Gasteiger partial charge is 0.317 e. The Bertz CT molecular complexity index is 905. The number of nitro groups is 1. The van der Waals surface area contributed by atoms with Crippen LogP contribution in [0.25, 0.3) is 0 Å². The summed E-state index contributed by atoms with van der Waals surface area (Å²) in [5.74, 6) is 0.887. The van der Waals surface area contributed by atoms with Crippen molar-refractivity contribution in [2.75, 3.05) is 17.2 Å². The predicted octanol–water partition coefficient (Wildman–Crippen LogP) is 0.530. The van der Waals surface area contributed by atoms with Crippen LogP contribution in [0.2, 0.25) is 0 Å². The minimum Gasteiger partial charge on any atom is -1.00 e. The third-order valence-corrected chi connectivity index (χ3v) is 6.64. The van der Waals surface area contributed by atoms with Crippen LogP contribution in [0.1, 0.15) is 12.5 Å². The van der Waals surface area contributed by atoms with Gasteiger partial charge in [-0.3, -0.25) is 10.1 Å². The lowest BCUT2D eigenvalue weighted by Gasteiger charge is -2.25. The summed E-state index contributed by atoms with van der Waals surface area (Å²) in [6.45, 7) is 2.46. The fourth-order valence-electron chi connectivity index (χ4n) is 3.53. The number of rotatable bonds is 3. The topological polar surface area (TPSA) is 69.6 Å². The fourth-order valence-corrected chi connectivity index (χ4v) is 5.13. The summed E-state index contributed by atoms with van der Waals surface area (Å²) in [7, 11) is 0. The number of amidine groups is 1. The Kier molecular flexibility index (Phi) is 5.67. The molecule has 0 spiro atoms. The molecule has 2 aromatic carbocycles. The van der Waals surface area contributed by atoms with Gasteiger partial charge in [-0.05, 0) is 55.1 Å². The van der Waals surface area contributed by atoms with E-state index < -0.39 is 10.6 Å². The van der Waals surface area contributed by atoms with E-state index in [1.165, 1.54) is 12.1 Å². The highest BCUT2D eigenvalue weighted by atomic mass is 79.9. The molecule has 2 aromatic rings. The highest BCUT2D eigenvalue weighted by Gasteiger charge is 2.56. The Balaban J connectivity index is 0.00000210. The molecule has 0 fully saturated rings. The van der Waals surface area contributed by atoms with E-state index in [1.807, 2.05) is 28.8 Å². The van der Waals surface area contributed by atoms with Crippen molar-refractivity contribution in [1.82, 2.24) is 0 Å². The summed E-state index contributed by atoms with van der Waals surface area (Å²) in [5, 5.41) is 23.5. The average molecular weight is 515 g/mol. The lowest BCUT2D eigenvalue weighted by Crippen LogP contribution is -3.00. The van der Waals surface area contributed by atoms with Crippen LogP contribution in [0.4, 0.5) is 11.4 Å². The lowest BCUT2D eigenvalue weighted by atomic mass is 10.0. The van der Waals surface area contributed by atoms with Gasteiger partial charge in [0.2, 0.25) is 0 Å². The van der Waals surface area contributed by atoms with Crippen LogP contribution < -0.4 is 21.9 Å². The quantitative estimate of drug-likeness (QED) is 0.367. The molecule has 142 valence electrons. The van der Waals surface area contributed by atoms with Crippen LogP contribution in [0.3, 0.4) is 0 Å². The number of anilines is 1. The van der Waals surface area contributed by atoms with Crippen molar-refractivity contribution in [3.63, 3.8) is 0 Å². The highest BCUT2D eigenvalue weighted by Crippen LogP contribution is 2.40. The number of nitro benzene ring substituents is 1. The summed E-state index contributed by atoms with van der Waals surface area (Å²) < 4.78 is 3.03. The second-order valence-electron chi connectivity index (χ2n) is 6.50. The Morgan fingerprint density at radius 2 is 1.89 bits per heavy atom. The van der Waals surface area contributed by atoms with Gasteiger partial charge in [0.15, 0.2) is 6.54 Å². The summed E-state index contributed by atoms with van der Waals surface area (Å²) in [5.41, 5.74) is 0.468. The predicted molar refractivity (Wildman–Crippen MR) is 106 cm³/mol. The Hall–Kier alpha value is -1.42. The first-order valence-electron chi connectivity index (χ1n) is 8.19. The molecule has 1 N–H and O–H groups in total. The lowest BCUT2D eigenvalue weighted by molar-refractivity contribution is -0.675. The molecule has 0 aromatic heterocycles. The first kappa shape index (κ1) is 20.3. The van der Waals surface area contributed by atoms with E-state index in [9.17, 15) is 15.2 Å². The molecule has 2 unspecified atom stereocenters. The van der Waals surface area contributed by atoms with Gasteiger partial charge in [0.1, 0.15) is 11.7 Å². The van der Waals surface area contributed by atoms with Crippen LogP contribution in [0.5, 0.6) is 0 Å². The molecule has 2 aliphatic heterocycles. The van der Waals surface area contributed by atoms with Crippen molar-refractivity contribution in [1.29, 1.82) is 0 Å². The van der Waals surface area contributed by atoms with Gasteiger partial charge in [0.05, 0.1) is 4.92 Å². The van der Waals surface area contributed by atoms with Gasteiger partial charge in [-0.1, -0.05) is 15.9 Å². The van der Waals surface area contributed by atoms with E-state index in [4.69, 9.17) is 0 Å². The average Bonchev–Trinajstić information content (AvgIpc) is 3.16. The molecular weight excluding hydrogens is 498 g/mol. The number of non-ortho nitro benzene ring substituents is 1. The number of nitrogens with zero attached hydrogens (tertiary/aromatic N) is 3. The number of thioether (sulfide) groups is 1. The van der Waals surface area contributed by atoms with Crippen molar-refractivity contribution in [2.24, 2.45) is 0 Å². The maximum absolute atomic E-state index is 11.6. The molecule has 2 atom stereocenters. The van der Waals surface area contributed by atoms with E-state index in [0.29, 0.717) is 12.1 Å². The standard InChI is InChI=1S/C18H17BrN3O3S.BrH/c1-12-10-26-17-20(15-8-4-14(19)5-9-15)11-18(23,21(12)17)13-2-6-16(7-3-13)22(24)25;/h2-9,12,23H,10-11H2,1H3;1H/q+1;/p-1. The van der Waals surface area contributed by atoms with Gasteiger partial charge in [0, 0.05) is 27.9 Å². The minimum atomic E-state index is -1.22. The van der Waals surface area contributed by atoms with Gasteiger partial charge in [-0.15, -0.1) is 0 Å². The fraction of sp³-hybridized carbons (Fsp3) is 0.278. The first-order valence-corrected chi connectivity index (χ1v) is 9.97. The van der Waals surface area contributed by atoms with Crippen LogP contribution in [-0.2, 0) is 5.72 Å². The van der Waals surface area contributed by atoms with Crippen LogP contribution in [-0.4, -0.2) is 38.1 Å². The van der Waals surface area contributed by atoms with Crippen molar-refractivity contribution < 1.29 is 31.6 Å². The van der Waals surface area contributed by atoms with Crippen LogP contribution in [0.15, 0.2) is 53.0 Å². The van der Waals surface area contributed by atoms with Crippen LogP contribution in [0, 0.1) is 10.1 Å². The maximum atomic E-state index is 11.6. The monoisotopic (exact) mass is 513 g/mol. The normalized spacial score (nSPS) is 24.0. The number of β-amino-alcohol motifs (C(OH)–C–C–N with tert-alkyl or cyclic N) is 1. The Labute approximate surface area is 179 Å². The van der Waals surface area contributed by atoms with Crippen molar-refractivity contribution in [3.8, 4) is 0 Å². The van der Waals surface area contributed by atoms with Gasteiger partial charge >= 0.3 is 5.17 Å². The Morgan fingerprint density at radius 3 is 2.48 bits per heavy atom. The van der Waals surface area contributed by atoms with Gasteiger partial charge in [-0.25, -0.2) is 9.48 Å². The van der Waals surface area contributed by atoms with E-state index in [0.717, 1.165) is 21.1 Å². The van der Waals surface area contributed by atoms with Gasteiger partial charge in [0.25, 0.3) is 11.4 Å². The van der Waals surface area contributed by atoms with E-state index in [1.54, 1.807) is 23.9 Å². The summed E-state index contributed by atoms with van der Waals surface area (Å²) >= 11 is 5.17. The van der Waals surface area contributed by atoms with E-state index in [-0.39, 0.29) is 28.7 Å². The summed E-state index contributed by atoms with van der Waals surface area (Å²) in [6.07, 6.45) is 0. The zero-order valence-corrected chi connectivity index (χ0v) is 18.4. The molecule has 0 aliphatic carbocycles. The molecule has 2 aliphatic rings. The minimum absolute atomic E-state index is 0. The Morgan fingerprint density at radius 1 is 1.26 bits per heavy atom. The molecule has 0 amide bonds. The molecule has 0 bridgehead atoms. The molecule has 9 heteroatoms. The third kappa shape index (κ3) is 3.41. The van der Waals surface area contributed by atoms with Crippen molar-refractivity contribution >= 4 is 44.2 Å². The van der Waals surface area contributed by atoms with Crippen LogP contribution >= 0.6 is 27.7 Å². The molecule has 2 heterocycles. The number of benzene rings is 2. The van der Waals surface area contributed by atoms with Gasteiger partial charge < -0.3 is 22.1 Å². The molecule has 0 saturated carbocycles. The third-order valence-electron chi connectivity index (χ3n) is 4.79. The highest BCUT2D eigenvalue weighted by molar-refractivity contribution is 9.10. The summed E-state index contributed by atoms with van der Waals surface area (Å²) in [6, 6.07) is 14.3. The molecule has 6 nitrogen and oxygen atoms in total. The molecular formula is C18H17Br2N3O3S. The van der Waals surface area contributed by atoms with E-state index in [2.05, 4.69) is 27.8 Å². The molecule has 27 heavy (non-hydrogen) atoms. The zero-order chi connectivity index (χ0) is 18.5. The number of hydrogen-bond donors (Lipinski definition) is 1.